The fourth-order valence-corrected chi connectivity index (χ4v) is 3.06. The minimum absolute atomic E-state index is 0.0409. The molecule has 0 saturated carbocycles. The van der Waals surface area contributed by atoms with Gasteiger partial charge in [0.15, 0.2) is 0 Å². The largest absolute Gasteiger partial charge is 0.389 e. The van der Waals surface area contributed by atoms with Crippen LogP contribution in [0.15, 0.2) is 23.1 Å². The third-order valence-electron chi connectivity index (χ3n) is 2.33. The van der Waals surface area contributed by atoms with Crippen LogP contribution in [0.4, 0.5) is 4.39 Å². The molecule has 0 unspecified atom stereocenters. The number of hydrogen-bond donors (Lipinski definition) is 2. The second-order valence-electron chi connectivity index (χ2n) is 3.75. The van der Waals surface area contributed by atoms with Crippen molar-refractivity contribution in [2.45, 2.75) is 11.3 Å². The van der Waals surface area contributed by atoms with Crippen molar-refractivity contribution < 1.29 is 12.8 Å². The van der Waals surface area contributed by atoms with Crippen LogP contribution in [0, 0.1) is 5.82 Å². The molecule has 0 fully saturated rings. The van der Waals surface area contributed by atoms with Gasteiger partial charge in [-0.25, -0.2) is 17.5 Å². The maximum Gasteiger partial charge on any atom is 0.240 e. The van der Waals surface area contributed by atoms with Gasteiger partial charge in [0.05, 0.1) is 4.90 Å². The molecule has 0 aromatic heterocycles. The number of halogens is 1. The van der Waals surface area contributed by atoms with Gasteiger partial charge >= 0.3 is 0 Å². The van der Waals surface area contributed by atoms with E-state index in [2.05, 4.69) is 16.9 Å². The maximum atomic E-state index is 13.4. The Bertz CT molecular complexity index is 561. The van der Waals surface area contributed by atoms with Gasteiger partial charge in [0, 0.05) is 12.1 Å². The van der Waals surface area contributed by atoms with E-state index in [-0.39, 0.29) is 15.4 Å². The van der Waals surface area contributed by atoms with Gasteiger partial charge in [-0.05, 0) is 36.6 Å². The van der Waals surface area contributed by atoms with E-state index in [9.17, 15) is 12.8 Å². The highest BCUT2D eigenvalue weighted by Crippen LogP contribution is 2.15. The highest BCUT2D eigenvalue weighted by Gasteiger charge is 2.16. The topological polar surface area (TPSA) is 72.2 Å². The minimum atomic E-state index is -3.65. The molecule has 0 amide bonds. The van der Waals surface area contributed by atoms with Gasteiger partial charge in [0.2, 0.25) is 10.0 Å². The Balaban J connectivity index is 2.89. The average molecular weight is 322 g/mol. The zero-order chi connectivity index (χ0) is 14.5. The number of thiocarbonyl (C=S) groups is 1. The molecule has 0 aliphatic carbocycles. The van der Waals surface area contributed by atoms with Crippen molar-refractivity contribution in [2.24, 2.45) is 5.73 Å². The smallest absolute Gasteiger partial charge is 0.240 e. The molecule has 0 atom stereocenters. The van der Waals surface area contributed by atoms with Gasteiger partial charge in [0.25, 0.3) is 0 Å². The fourth-order valence-electron chi connectivity index (χ4n) is 1.37. The van der Waals surface area contributed by atoms with Gasteiger partial charge in [0.1, 0.15) is 10.8 Å². The van der Waals surface area contributed by atoms with Crippen molar-refractivity contribution in [3.63, 3.8) is 0 Å². The molecule has 1 aromatic carbocycles. The first-order chi connectivity index (χ1) is 8.88. The zero-order valence-corrected chi connectivity index (χ0v) is 12.8. The summed E-state index contributed by atoms with van der Waals surface area (Å²) in [5.41, 5.74) is 5.27. The molecule has 19 heavy (non-hydrogen) atoms. The van der Waals surface area contributed by atoms with Crippen LogP contribution in [0.2, 0.25) is 0 Å². The summed E-state index contributed by atoms with van der Waals surface area (Å²) in [6, 6.07) is 3.38. The van der Waals surface area contributed by atoms with Crippen LogP contribution in [-0.4, -0.2) is 32.0 Å². The molecule has 4 nitrogen and oxygen atoms in total. The molecular weight excluding hydrogens is 307 g/mol. The number of rotatable bonds is 7. The highest BCUT2D eigenvalue weighted by atomic mass is 32.2. The van der Waals surface area contributed by atoms with Crippen molar-refractivity contribution in [1.29, 1.82) is 0 Å². The molecule has 0 radical (unpaired) electrons. The molecule has 1 aromatic rings. The summed E-state index contributed by atoms with van der Waals surface area (Å²) < 4.78 is 39.7. The lowest BCUT2D eigenvalue weighted by Gasteiger charge is -2.08. The second-order valence-corrected chi connectivity index (χ2v) is 6.94. The van der Waals surface area contributed by atoms with Crippen molar-refractivity contribution in [3.8, 4) is 0 Å². The fraction of sp³-hybridized carbons (Fsp3) is 0.364. The number of nitrogens with one attached hydrogen (secondary N) is 1. The molecule has 0 aliphatic rings. The summed E-state index contributed by atoms with van der Waals surface area (Å²) in [6.45, 7) is 0.336. The Kier molecular flexibility index (Phi) is 6.18. The van der Waals surface area contributed by atoms with Crippen LogP contribution in [-0.2, 0) is 10.0 Å². The number of nitrogens with two attached hydrogens (primary N) is 1. The Labute approximate surface area is 122 Å². The quantitative estimate of drug-likeness (QED) is 0.588. The number of hydrogen-bond acceptors (Lipinski definition) is 4. The lowest BCUT2D eigenvalue weighted by molar-refractivity contribution is 0.580. The SMILES string of the molecule is CSCCCNS(=O)(=O)c1ccc(F)c(C(N)=S)c1. The molecule has 1 rings (SSSR count). The van der Waals surface area contributed by atoms with E-state index in [1.165, 1.54) is 6.07 Å². The first kappa shape index (κ1) is 16.4. The predicted octanol–water partition coefficient (Wildman–Crippen LogP) is 1.49. The monoisotopic (exact) mass is 322 g/mol. The standard InChI is InChI=1S/C11H15FN2O2S3/c1-18-6-2-5-14-19(15,16)8-3-4-10(12)9(7-8)11(13)17/h3-4,7,14H,2,5-6H2,1H3,(H2,13,17). The van der Waals surface area contributed by atoms with E-state index in [1.807, 2.05) is 6.26 Å². The van der Waals surface area contributed by atoms with E-state index >= 15 is 0 Å². The molecule has 0 heterocycles. The third-order valence-corrected chi connectivity index (χ3v) is 4.71. The number of benzene rings is 1. The predicted molar refractivity (Wildman–Crippen MR) is 80.5 cm³/mol. The van der Waals surface area contributed by atoms with Crippen LogP contribution in [0.25, 0.3) is 0 Å². The molecule has 8 heteroatoms. The summed E-state index contributed by atoms with van der Waals surface area (Å²) in [5, 5.41) is 0. The summed E-state index contributed by atoms with van der Waals surface area (Å²) >= 11 is 6.31. The molecule has 0 saturated heterocycles. The highest BCUT2D eigenvalue weighted by molar-refractivity contribution is 7.98. The Morgan fingerprint density at radius 3 is 2.79 bits per heavy atom. The van der Waals surface area contributed by atoms with Crippen molar-refractivity contribution in [2.75, 3.05) is 18.6 Å². The number of sulfonamides is 1. The molecular formula is C11H15FN2O2S3. The molecule has 106 valence electrons. The normalized spacial score (nSPS) is 11.5. The minimum Gasteiger partial charge on any atom is -0.389 e. The summed E-state index contributed by atoms with van der Waals surface area (Å²) in [7, 11) is -3.65. The Hall–Kier alpha value is -0.700. The van der Waals surface area contributed by atoms with Gasteiger partial charge in [-0.2, -0.15) is 11.8 Å². The maximum absolute atomic E-state index is 13.4. The summed E-state index contributed by atoms with van der Waals surface area (Å²) in [4.78, 5) is -0.210. The average Bonchev–Trinajstić information content (AvgIpc) is 2.34. The summed E-state index contributed by atoms with van der Waals surface area (Å²) in [6.07, 6.45) is 2.67. The number of thioether (sulfide) groups is 1. The molecule has 0 aliphatic heterocycles. The zero-order valence-electron chi connectivity index (χ0n) is 10.3. The molecule has 3 N–H and O–H groups in total. The van der Waals surface area contributed by atoms with Crippen LogP contribution in [0.3, 0.4) is 0 Å². The van der Waals surface area contributed by atoms with Gasteiger partial charge in [-0.1, -0.05) is 12.2 Å². The second kappa shape index (κ2) is 7.18. The first-order valence-electron chi connectivity index (χ1n) is 5.46. The Morgan fingerprint density at radius 2 is 2.21 bits per heavy atom. The van der Waals surface area contributed by atoms with Crippen molar-refractivity contribution >= 4 is 39.0 Å². The van der Waals surface area contributed by atoms with Crippen LogP contribution < -0.4 is 10.5 Å². The van der Waals surface area contributed by atoms with Crippen LogP contribution in [0.5, 0.6) is 0 Å². The van der Waals surface area contributed by atoms with Gasteiger partial charge in [-0.15, -0.1) is 0 Å². The third kappa shape index (κ3) is 4.72. The lowest BCUT2D eigenvalue weighted by Crippen LogP contribution is -2.25. The van der Waals surface area contributed by atoms with E-state index in [1.54, 1.807) is 11.8 Å². The van der Waals surface area contributed by atoms with E-state index < -0.39 is 15.8 Å². The molecule has 0 bridgehead atoms. The van der Waals surface area contributed by atoms with E-state index in [4.69, 9.17) is 5.73 Å². The van der Waals surface area contributed by atoms with E-state index in [0.717, 1.165) is 24.3 Å². The lowest BCUT2D eigenvalue weighted by atomic mass is 10.2. The first-order valence-corrected chi connectivity index (χ1v) is 8.75. The van der Waals surface area contributed by atoms with Gasteiger partial charge in [-0.3, -0.25) is 0 Å². The summed E-state index contributed by atoms with van der Waals surface area (Å²) in [5.74, 6) is 0.234. The van der Waals surface area contributed by atoms with Crippen LogP contribution >= 0.6 is 24.0 Å². The van der Waals surface area contributed by atoms with Crippen molar-refractivity contribution in [1.82, 2.24) is 4.72 Å². The van der Waals surface area contributed by atoms with Crippen LogP contribution in [0.1, 0.15) is 12.0 Å². The van der Waals surface area contributed by atoms with Gasteiger partial charge < -0.3 is 5.73 Å². The van der Waals surface area contributed by atoms with E-state index in [0.29, 0.717) is 6.54 Å². The Morgan fingerprint density at radius 1 is 1.53 bits per heavy atom. The molecule has 0 spiro atoms. The van der Waals surface area contributed by atoms with Crippen molar-refractivity contribution in [3.05, 3.63) is 29.6 Å².